The van der Waals surface area contributed by atoms with Crippen LogP contribution in [-0.2, 0) is 30.8 Å². The van der Waals surface area contributed by atoms with Gasteiger partial charge in [-0.2, -0.15) is 5.26 Å². The minimum atomic E-state index is 0.363. The molecule has 2 rings (SSSR count). The van der Waals surface area contributed by atoms with Crippen molar-refractivity contribution in [3.05, 3.63) is 45.4 Å². The van der Waals surface area contributed by atoms with Gasteiger partial charge in [0.1, 0.15) is 17.4 Å². The van der Waals surface area contributed by atoms with Crippen LogP contribution in [0.25, 0.3) is 0 Å². The van der Waals surface area contributed by atoms with Gasteiger partial charge in [0.15, 0.2) is 0 Å². The van der Waals surface area contributed by atoms with E-state index in [2.05, 4.69) is 24.0 Å². The molecule has 0 saturated carbocycles. The molecule has 110 valence electrons. The summed E-state index contributed by atoms with van der Waals surface area (Å²) in [6.07, 6.45) is 1.35. The van der Waals surface area contributed by atoms with Crippen molar-refractivity contribution in [3.8, 4) is 11.8 Å². The van der Waals surface area contributed by atoms with Gasteiger partial charge in [0.2, 0.25) is 0 Å². The second-order valence-corrected chi connectivity index (χ2v) is 5.70. The summed E-state index contributed by atoms with van der Waals surface area (Å²) >= 11 is 1.51. The number of methoxy groups -OCH3 is 1. The Balaban J connectivity index is 2.05. The van der Waals surface area contributed by atoms with E-state index in [0.717, 1.165) is 27.7 Å². The van der Waals surface area contributed by atoms with Gasteiger partial charge in [-0.15, -0.1) is 11.3 Å². The average molecular weight is 302 g/mol. The van der Waals surface area contributed by atoms with Crippen LogP contribution in [0.4, 0.5) is 0 Å². The summed E-state index contributed by atoms with van der Waals surface area (Å²) in [5.41, 5.74) is 2.09. The van der Waals surface area contributed by atoms with Crippen molar-refractivity contribution in [1.82, 2.24) is 4.98 Å². The fourth-order valence-corrected chi connectivity index (χ4v) is 2.88. The monoisotopic (exact) mass is 302 g/mol. The van der Waals surface area contributed by atoms with Gasteiger partial charge in [0.25, 0.3) is 0 Å². The molecule has 4 nitrogen and oxygen atoms in total. The molecule has 0 N–H and O–H groups in total. The lowest BCUT2D eigenvalue weighted by Crippen LogP contribution is -1.97. The zero-order valence-corrected chi connectivity index (χ0v) is 13.1. The molecule has 1 aromatic carbocycles. The van der Waals surface area contributed by atoms with E-state index in [9.17, 15) is 0 Å². The number of thiazole rings is 1. The Morgan fingerprint density at radius 2 is 2.19 bits per heavy atom. The van der Waals surface area contributed by atoms with Gasteiger partial charge in [0.05, 0.1) is 24.8 Å². The molecule has 1 aromatic heterocycles. The van der Waals surface area contributed by atoms with E-state index < -0.39 is 0 Å². The summed E-state index contributed by atoms with van der Waals surface area (Å²) < 4.78 is 10.9. The third-order valence-corrected chi connectivity index (χ3v) is 4.08. The van der Waals surface area contributed by atoms with Crippen LogP contribution in [0.1, 0.15) is 28.1 Å². The maximum absolute atomic E-state index is 8.84. The molecule has 5 heteroatoms. The second-order valence-electron chi connectivity index (χ2n) is 4.54. The van der Waals surface area contributed by atoms with E-state index in [1.165, 1.54) is 16.9 Å². The molecule has 0 unspecified atom stereocenters. The first-order chi connectivity index (χ1) is 10.3. The predicted octanol–water partition coefficient (Wildman–Crippen LogP) is 3.50. The highest BCUT2D eigenvalue weighted by Gasteiger charge is 2.11. The predicted molar refractivity (Wildman–Crippen MR) is 82.3 cm³/mol. The van der Waals surface area contributed by atoms with Gasteiger partial charge in [-0.1, -0.05) is 19.1 Å². The quantitative estimate of drug-likeness (QED) is 0.785. The number of aromatic nitrogens is 1. The molecule has 0 aliphatic carbocycles. The fraction of sp³-hybridized carbons (Fsp3) is 0.375. The zero-order chi connectivity index (χ0) is 15.1. The first-order valence-corrected chi connectivity index (χ1v) is 7.63. The third-order valence-electron chi connectivity index (χ3n) is 3.01. The van der Waals surface area contributed by atoms with Gasteiger partial charge in [0, 0.05) is 12.0 Å². The smallest absolute Gasteiger partial charge is 0.140 e. The number of nitriles is 1. The van der Waals surface area contributed by atoms with Crippen LogP contribution in [0.3, 0.4) is 0 Å². The molecule has 0 atom stereocenters. The minimum Gasteiger partial charge on any atom is -0.486 e. The molecule has 0 aliphatic heterocycles. The number of aryl methyl sites for hydroxylation is 1. The van der Waals surface area contributed by atoms with E-state index in [0.29, 0.717) is 19.6 Å². The standard InChI is InChI=1S/C16H18N2O2S/c1-3-12-5-4-6-13(9-12)20-11-16-18-14(10-19-2)15(21-16)7-8-17/h4-6,9H,3,7,10-11H2,1-2H3. The highest BCUT2D eigenvalue weighted by molar-refractivity contribution is 7.11. The number of hydrogen-bond donors (Lipinski definition) is 0. The lowest BCUT2D eigenvalue weighted by molar-refractivity contribution is 0.181. The van der Waals surface area contributed by atoms with Crippen LogP contribution in [-0.4, -0.2) is 12.1 Å². The Labute approximate surface area is 129 Å². The van der Waals surface area contributed by atoms with Crippen LogP contribution in [0.2, 0.25) is 0 Å². The summed E-state index contributed by atoms with van der Waals surface area (Å²) in [5.74, 6) is 0.847. The molecular formula is C16H18N2O2S. The second kappa shape index (κ2) is 7.77. The zero-order valence-electron chi connectivity index (χ0n) is 12.3. The van der Waals surface area contributed by atoms with Crippen molar-refractivity contribution in [2.45, 2.75) is 33.0 Å². The Kier molecular flexibility index (Phi) is 5.73. The summed E-state index contributed by atoms with van der Waals surface area (Å²) in [6.45, 7) is 2.96. The van der Waals surface area contributed by atoms with Gasteiger partial charge < -0.3 is 9.47 Å². The van der Waals surface area contributed by atoms with Gasteiger partial charge >= 0.3 is 0 Å². The molecule has 1 heterocycles. The Hall–Kier alpha value is -1.90. The van der Waals surface area contributed by atoms with Crippen LogP contribution < -0.4 is 4.74 Å². The number of benzene rings is 1. The maximum atomic E-state index is 8.84. The van der Waals surface area contributed by atoms with Crippen LogP contribution in [0.5, 0.6) is 5.75 Å². The van der Waals surface area contributed by atoms with E-state index in [1.54, 1.807) is 7.11 Å². The molecule has 0 radical (unpaired) electrons. The average Bonchev–Trinajstić information content (AvgIpc) is 2.88. The van der Waals surface area contributed by atoms with Crippen molar-refractivity contribution in [1.29, 1.82) is 5.26 Å². The van der Waals surface area contributed by atoms with E-state index in [-0.39, 0.29) is 0 Å². The minimum absolute atomic E-state index is 0.363. The summed E-state index contributed by atoms with van der Waals surface area (Å²) in [5, 5.41) is 9.71. The molecular weight excluding hydrogens is 284 g/mol. The van der Waals surface area contributed by atoms with Gasteiger partial charge in [-0.25, -0.2) is 4.98 Å². The fourth-order valence-electron chi connectivity index (χ4n) is 1.96. The molecule has 21 heavy (non-hydrogen) atoms. The summed E-state index contributed by atoms with van der Waals surface area (Å²) in [6, 6.07) is 10.2. The lowest BCUT2D eigenvalue weighted by atomic mass is 10.2. The molecule has 0 bridgehead atoms. The molecule has 0 saturated heterocycles. The molecule has 0 fully saturated rings. The first kappa shape index (κ1) is 15.5. The molecule has 2 aromatic rings. The van der Waals surface area contributed by atoms with Gasteiger partial charge in [-0.3, -0.25) is 0 Å². The number of nitrogens with zero attached hydrogens (tertiary/aromatic N) is 2. The van der Waals surface area contributed by atoms with Crippen LogP contribution in [0.15, 0.2) is 24.3 Å². The van der Waals surface area contributed by atoms with Crippen molar-refractivity contribution in [3.63, 3.8) is 0 Å². The van der Waals surface area contributed by atoms with E-state index in [1.807, 2.05) is 18.2 Å². The topological polar surface area (TPSA) is 55.1 Å². The summed E-state index contributed by atoms with van der Waals surface area (Å²) in [7, 11) is 1.63. The maximum Gasteiger partial charge on any atom is 0.140 e. The Bertz CT molecular complexity index is 631. The van der Waals surface area contributed by atoms with E-state index >= 15 is 0 Å². The highest BCUT2D eigenvalue weighted by Crippen LogP contribution is 2.22. The summed E-state index contributed by atoms with van der Waals surface area (Å²) in [4.78, 5) is 5.45. The van der Waals surface area contributed by atoms with Gasteiger partial charge in [-0.05, 0) is 24.1 Å². The van der Waals surface area contributed by atoms with Crippen molar-refractivity contribution < 1.29 is 9.47 Å². The van der Waals surface area contributed by atoms with Crippen LogP contribution >= 0.6 is 11.3 Å². The SMILES string of the molecule is CCc1cccc(OCc2nc(COC)c(CC#N)s2)c1. The molecule has 0 aliphatic rings. The first-order valence-electron chi connectivity index (χ1n) is 6.82. The number of hydrogen-bond acceptors (Lipinski definition) is 5. The highest BCUT2D eigenvalue weighted by atomic mass is 32.1. The number of ether oxygens (including phenoxy) is 2. The Morgan fingerprint density at radius 1 is 1.33 bits per heavy atom. The molecule has 0 amide bonds. The third kappa shape index (κ3) is 4.28. The van der Waals surface area contributed by atoms with Crippen molar-refractivity contribution >= 4 is 11.3 Å². The number of rotatable bonds is 7. The Morgan fingerprint density at radius 3 is 2.90 bits per heavy atom. The normalized spacial score (nSPS) is 10.3. The van der Waals surface area contributed by atoms with E-state index in [4.69, 9.17) is 14.7 Å². The van der Waals surface area contributed by atoms with Crippen LogP contribution in [0, 0.1) is 11.3 Å². The van der Waals surface area contributed by atoms with Crippen molar-refractivity contribution in [2.24, 2.45) is 0 Å². The largest absolute Gasteiger partial charge is 0.486 e. The lowest BCUT2D eigenvalue weighted by Gasteiger charge is -2.05. The molecule has 0 spiro atoms. The van der Waals surface area contributed by atoms with Crippen molar-refractivity contribution in [2.75, 3.05) is 7.11 Å².